The van der Waals surface area contributed by atoms with Gasteiger partial charge in [0, 0.05) is 5.70 Å². The summed E-state index contributed by atoms with van der Waals surface area (Å²) in [5.41, 5.74) is 1.91. The highest BCUT2D eigenvalue weighted by molar-refractivity contribution is 7.80. The molecule has 1 N–H and O–H groups in total. The van der Waals surface area contributed by atoms with E-state index in [1.807, 2.05) is 13.0 Å². The topological polar surface area (TPSA) is 45.0 Å². The molecule has 0 saturated heterocycles. The van der Waals surface area contributed by atoms with Gasteiger partial charge in [-0.1, -0.05) is 19.1 Å². The minimum Gasteiger partial charge on any atom is -0.486 e. The molecule has 5 heteroatoms. The van der Waals surface area contributed by atoms with E-state index < -0.39 is 0 Å². The molecule has 0 fully saturated rings. The van der Waals surface area contributed by atoms with Gasteiger partial charge in [0.1, 0.15) is 17.5 Å². The second-order valence-corrected chi connectivity index (χ2v) is 4.63. The van der Waals surface area contributed by atoms with Crippen LogP contribution >= 0.6 is 12.2 Å². The van der Waals surface area contributed by atoms with E-state index in [-0.39, 0.29) is 16.9 Å². The summed E-state index contributed by atoms with van der Waals surface area (Å²) in [5.74, 6) is -0.269. The molecule has 0 heterocycles. The van der Waals surface area contributed by atoms with Gasteiger partial charge >= 0.3 is 0 Å². The molecule has 0 aromatic heterocycles. The first-order valence-corrected chi connectivity index (χ1v) is 6.65. The number of nitrogens with zero attached hydrogens (tertiary/aromatic N) is 1. The Balaban J connectivity index is 2.98. The molecule has 1 aromatic carbocycles. The van der Waals surface area contributed by atoms with Gasteiger partial charge in [-0.15, -0.1) is 0 Å². The number of halogens is 1. The molecule has 0 saturated carbocycles. The molecular formula is C15H17FN2OS. The van der Waals surface area contributed by atoms with Crippen LogP contribution in [0, 0.1) is 17.1 Å². The monoisotopic (exact) mass is 292 g/mol. The van der Waals surface area contributed by atoms with E-state index in [1.54, 1.807) is 19.1 Å². The molecule has 1 unspecified atom stereocenters. The third kappa shape index (κ3) is 4.04. The molecule has 0 aliphatic heterocycles. The van der Waals surface area contributed by atoms with Crippen molar-refractivity contribution in [2.75, 3.05) is 7.11 Å². The summed E-state index contributed by atoms with van der Waals surface area (Å²) in [4.78, 5) is 0. The predicted octanol–water partition coefficient (Wildman–Crippen LogP) is 3.64. The number of thiocarbonyl (C=S) groups is 1. The molecule has 106 valence electrons. The van der Waals surface area contributed by atoms with Crippen molar-refractivity contribution in [2.45, 2.75) is 26.3 Å². The molecule has 20 heavy (non-hydrogen) atoms. The van der Waals surface area contributed by atoms with Crippen molar-refractivity contribution in [1.82, 2.24) is 5.32 Å². The number of hydrogen-bond donors (Lipinski definition) is 1. The van der Waals surface area contributed by atoms with Crippen molar-refractivity contribution in [3.8, 4) is 6.07 Å². The number of benzene rings is 1. The van der Waals surface area contributed by atoms with Crippen LogP contribution in [0.5, 0.6) is 0 Å². The molecule has 0 spiro atoms. The summed E-state index contributed by atoms with van der Waals surface area (Å²) in [5, 5.41) is 12.5. The first-order chi connectivity index (χ1) is 9.53. The zero-order valence-corrected chi connectivity index (χ0v) is 12.6. The van der Waals surface area contributed by atoms with Crippen LogP contribution in [0.25, 0.3) is 0 Å². The largest absolute Gasteiger partial charge is 0.486 e. The summed E-state index contributed by atoms with van der Waals surface area (Å²) in [6.07, 6.45) is 0.793. The Hall–Kier alpha value is -1.93. The average Bonchev–Trinajstić information content (AvgIpc) is 2.46. The maximum atomic E-state index is 12.9. The van der Waals surface area contributed by atoms with Crippen molar-refractivity contribution >= 4 is 17.3 Å². The normalized spacial score (nSPS) is 12.9. The number of hydrogen-bond acceptors (Lipinski definition) is 4. The molecule has 0 amide bonds. The molecule has 0 radical (unpaired) electrons. The summed E-state index contributed by atoms with van der Waals surface area (Å²) in [6, 6.07) is 8.31. The summed E-state index contributed by atoms with van der Waals surface area (Å²) in [6.45, 7) is 3.78. The van der Waals surface area contributed by atoms with Gasteiger partial charge in [0.25, 0.3) is 0 Å². The second-order valence-electron chi connectivity index (χ2n) is 4.26. The van der Waals surface area contributed by atoms with Crippen molar-refractivity contribution in [2.24, 2.45) is 0 Å². The highest BCUT2D eigenvalue weighted by Crippen LogP contribution is 2.19. The van der Waals surface area contributed by atoms with E-state index in [4.69, 9.17) is 22.2 Å². The van der Waals surface area contributed by atoms with Gasteiger partial charge < -0.3 is 10.1 Å². The molecule has 1 rings (SSSR count). The van der Waals surface area contributed by atoms with Crippen LogP contribution in [0.15, 0.2) is 35.5 Å². The third-order valence-corrected chi connectivity index (χ3v) is 3.32. The quantitative estimate of drug-likeness (QED) is 0.511. The lowest BCUT2D eigenvalue weighted by atomic mass is 10.0. The molecule has 1 aromatic rings. The zero-order chi connectivity index (χ0) is 15.1. The first-order valence-electron chi connectivity index (χ1n) is 6.24. The van der Waals surface area contributed by atoms with Crippen molar-refractivity contribution < 1.29 is 9.13 Å². The number of nitriles is 1. The van der Waals surface area contributed by atoms with Gasteiger partial charge in [-0.25, -0.2) is 4.39 Å². The lowest BCUT2D eigenvalue weighted by molar-refractivity contribution is 0.415. The van der Waals surface area contributed by atoms with Gasteiger partial charge in [-0.05, 0) is 43.3 Å². The Bertz CT molecular complexity index is 546. The van der Waals surface area contributed by atoms with E-state index >= 15 is 0 Å². The fourth-order valence-corrected chi connectivity index (χ4v) is 2.03. The van der Waals surface area contributed by atoms with Crippen LogP contribution < -0.4 is 5.32 Å². The standard InChI is InChI=1S/C15H17FN2OS/c1-4-14(11-5-7-12(16)8-6-11)18-10(2)13(9-17)15(20)19-3/h5-8,14,18H,4H2,1-3H3. The van der Waals surface area contributed by atoms with Crippen LogP contribution in [0.3, 0.4) is 0 Å². The summed E-state index contributed by atoms with van der Waals surface area (Å²) >= 11 is 4.98. The maximum absolute atomic E-state index is 12.9. The van der Waals surface area contributed by atoms with Gasteiger partial charge in [0.15, 0.2) is 0 Å². The number of allylic oxidation sites excluding steroid dienone is 1. The van der Waals surface area contributed by atoms with Gasteiger partial charge in [-0.3, -0.25) is 0 Å². The van der Waals surface area contributed by atoms with Gasteiger partial charge in [-0.2, -0.15) is 5.26 Å². The van der Waals surface area contributed by atoms with Crippen molar-refractivity contribution in [3.63, 3.8) is 0 Å². The van der Waals surface area contributed by atoms with Gasteiger partial charge in [0.05, 0.1) is 13.2 Å². The minimum absolute atomic E-state index is 0.0152. The van der Waals surface area contributed by atoms with E-state index in [2.05, 4.69) is 5.32 Å². The molecule has 3 nitrogen and oxygen atoms in total. The Morgan fingerprint density at radius 1 is 1.45 bits per heavy atom. The Kier molecular flexibility index (Phi) is 6.13. The fourth-order valence-electron chi connectivity index (χ4n) is 1.83. The fraction of sp³-hybridized carbons (Fsp3) is 0.333. The number of rotatable bonds is 5. The Morgan fingerprint density at radius 3 is 2.50 bits per heavy atom. The van der Waals surface area contributed by atoms with Crippen LogP contribution in [0.1, 0.15) is 31.9 Å². The Morgan fingerprint density at radius 2 is 2.05 bits per heavy atom. The van der Waals surface area contributed by atoms with E-state index in [9.17, 15) is 4.39 Å². The number of nitrogens with one attached hydrogen (secondary N) is 1. The zero-order valence-electron chi connectivity index (χ0n) is 11.7. The van der Waals surface area contributed by atoms with E-state index in [1.165, 1.54) is 19.2 Å². The summed E-state index contributed by atoms with van der Waals surface area (Å²) < 4.78 is 17.9. The van der Waals surface area contributed by atoms with Crippen LogP contribution in [0.2, 0.25) is 0 Å². The lowest BCUT2D eigenvalue weighted by Gasteiger charge is -2.20. The molecule has 1 atom stereocenters. The molecular weight excluding hydrogens is 275 g/mol. The smallest absolute Gasteiger partial charge is 0.203 e. The molecule has 0 aliphatic rings. The van der Waals surface area contributed by atoms with Crippen LogP contribution in [-0.4, -0.2) is 12.2 Å². The van der Waals surface area contributed by atoms with E-state index in [0.29, 0.717) is 11.3 Å². The van der Waals surface area contributed by atoms with E-state index in [0.717, 1.165) is 12.0 Å². The van der Waals surface area contributed by atoms with Crippen molar-refractivity contribution in [1.29, 1.82) is 5.26 Å². The van der Waals surface area contributed by atoms with Crippen molar-refractivity contribution in [3.05, 3.63) is 46.9 Å². The SMILES string of the molecule is CCC(NC(C)=C(C#N)C(=S)OC)c1ccc(F)cc1. The average molecular weight is 292 g/mol. The van der Waals surface area contributed by atoms with Crippen LogP contribution in [-0.2, 0) is 4.74 Å². The minimum atomic E-state index is -0.269. The number of methoxy groups -OCH3 is 1. The maximum Gasteiger partial charge on any atom is 0.203 e. The third-order valence-electron chi connectivity index (χ3n) is 2.95. The summed E-state index contributed by atoms with van der Waals surface area (Å²) in [7, 11) is 1.43. The lowest BCUT2D eigenvalue weighted by Crippen LogP contribution is -2.21. The molecule has 0 bridgehead atoms. The Labute approximate surface area is 124 Å². The highest BCUT2D eigenvalue weighted by Gasteiger charge is 2.14. The first kappa shape index (κ1) is 16.1. The highest BCUT2D eigenvalue weighted by atomic mass is 32.1. The van der Waals surface area contributed by atoms with Crippen LogP contribution in [0.4, 0.5) is 4.39 Å². The molecule has 0 aliphatic carbocycles. The predicted molar refractivity (Wildman–Crippen MR) is 80.5 cm³/mol. The second kappa shape index (κ2) is 7.61. The van der Waals surface area contributed by atoms with Gasteiger partial charge in [0.2, 0.25) is 5.05 Å². The number of ether oxygens (including phenoxy) is 1.